The summed E-state index contributed by atoms with van der Waals surface area (Å²) in [6.45, 7) is 5.28. The average molecular weight is 302 g/mol. The number of carbonyl (C=O) groups excluding carboxylic acids is 1. The van der Waals surface area contributed by atoms with Gasteiger partial charge in [0.05, 0.1) is 5.69 Å². The van der Waals surface area contributed by atoms with Crippen LogP contribution in [0.5, 0.6) is 0 Å². The monoisotopic (exact) mass is 302 g/mol. The number of hydrogen-bond acceptors (Lipinski definition) is 3. The Morgan fingerprint density at radius 2 is 1.91 bits per heavy atom. The number of aromatic nitrogens is 2. The van der Waals surface area contributed by atoms with Crippen LogP contribution in [0.3, 0.4) is 0 Å². The van der Waals surface area contributed by atoms with E-state index in [0.29, 0.717) is 11.9 Å². The lowest BCUT2D eigenvalue weighted by Crippen LogP contribution is -2.45. The van der Waals surface area contributed by atoms with Crippen LogP contribution in [0.15, 0.2) is 6.20 Å². The fourth-order valence-electron chi connectivity index (χ4n) is 4.22. The summed E-state index contributed by atoms with van der Waals surface area (Å²) in [5, 5.41) is 0. The standard InChI is InChI=1S/C17H26N4O/c22-17-5-3-9-21(17)15-6-10-19(11-7-15)12-14-13-20-8-2-1-4-16(20)18-14/h13,15H,1-12H2. The first-order valence-corrected chi connectivity index (χ1v) is 8.86. The van der Waals surface area contributed by atoms with Gasteiger partial charge < -0.3 is 9.47 Å². The van der Waals surface area contributed by atoms with Gasteiger partial charge in [-0.1, -0.05) is 0 Å². The summed E-state index contributed by atoms with van der Waals surface area (Å²) in [4.78, 5) is 21.3. The second-order valence-electron chi connectivity index (χ2n) is 7.00. The molecule has 0 N–H and O–H groups in total. The van der Waals surface area contributed by atoms with Crippen molar-refractivity contribution in [3.8, 4) is 0 Å². The quantitative estimate of drug-likeness (QED) is 0.855. The number of fused-ring (bicyclic) bond motifs is 1. The average Bonchev–Trinajstić information content (AvgIpc) is 3.13. The number of amides is 1. The van der Waals surface area contributed by atoms with Gasteiger partial charge in [0.1, 0.15) is 5.82 Å². The van der Waals surface area contributed by atoms with Gasteiger partial charge in [0, 0.05) is 57.8 Å². The van der Waals surface area contributed by atoms with E-state index >= 15 is 0 Å². The molecule has 0 aliphatic carbocycles. The molecule has 1 amide bonds. The number of piperidine rings is 1. The maximum Gasteiger partial charge on any atom is 0.222 e. The molecule has 1 aromatic rings. The summed E-state index contributed by atoms with van der Waals surface area (Å²) in [7, 11) is 0. The van der Waals surface area contributed by atoms with Gasteiger partial charge in [0.25, 0.3) is 0 Å². The fraction of sp³-hybridized carbons (Fsp3) is 0.765. The van der Waals surface area contributed by atoms with E-state index in [4.69, 9.17) is 4.98 Å². The first-order chi connectivity index (χ1) is 10.8. The zero-order chi connectivity index (χ0) is 14.9. The SMILES string of the molecule is O=C1CCCN1C1CCN(Cc2cn3c(n2)CCCC3)CC1. The van der Waals surface area contributed by atoms with Crippen LogP contribution in [0.2, 0.25) is 0 Å². The van der Waals surface area contributed by atoms with Crippen molar-refractivity contribution in [1.82, 2.24) is 19.4 Å². The lowest BCUT2D eigenvalue weighted by Gasteiger charge is -2.36. The minimum absolute atomic E-state index is 0.375. The highest BCUT2D eigenvalue weighted by Crippen LogP contribution is 2.23. The van der Waals surface area contributed by atoms with Crippen molar-refractivity contribution in [3.63, 3.8) is 0 Å². The van der Waals surface area contributed by atoms with E-state index in [1.54, 1.807) is 0 Å². The van der Waals surface area contributed by atoms with E-state index in [9.17, 15) is 4.79 Å². The molecule has 0 unspecified atom stereocenters. The number of rotatable bonds is 3. The smallest absolute Gasteiger partial charge is 0.222 e. The van der Waals surface area contributed by atoms with Crippen molar-refractivity contribution in [2.24, 2.45) is 0 Å². The summed E-state index contributed by atoms with van der Waals surface area (Å²) in [6, 6.07) is 0.487. The first-order valence-electron chi connectivity index (χ1n) is 8.86. The van der Waals surface area contributed by atoms with Gasteiger partial charge in [0.2, 0.25) is 5.91 Å². The maximum absolute atomic E-state index is 11.9. The van der Waals surface area contributed by atoms with Crippen LogP contribution >= 0.6 is 0 Å². The number of nitrogens with zero attached hydrogens (tertiary/aromatic N) is 4. The molecule has 5 nitrogen and oxygen atoms in total. The van der Waals surface area contributed by atoms with Crippen molar-refractivity contribution < 1.29 is 4.79 Å². The Morgan fingerprint density at radius 3 is 2.64 bits per heavy atom. The summed E-state index contributed by atoms with van der Waals surface area (Å²) in [5.41, 5.74) is 1.23. The van der Waals surface area contributed by atoms with Crippen molar-refractivity contribution in [2.45, 2.75) is 64.1 Å². The third kappa shape index (κ3) is 2.78. The predicted molar refractivity (Wildman–Crippen MR) is 84.4 cm³/mol. The molecule has 2 fully saturated rings. The molecule has 2 saturated heterocycles. The molecular formula is C17H26N4O. The summed E-state index contributed by atoms with van der Waals surface area (Å²) < 4.78 is 2.34. The molecule has 120 valence electrons. The summed E-state index contributed by atoms with van der Waals surface area (Å²) >= 11 is 0. The zero-order valence-corrected chi connectivity index (χ0v) is 13.3. The van der Waals surface area contributed by atoms with E-state index in [-0.39, 0.29) is 0 Å². The Hall–Kier alpha value is -1.36. The maximum atomic E-state index is 11.9. The Morgan fingerprint density at radius 1 is 1.05 bits per heavy atom. The van der Waals surface area contributed by atoms with Gasteiger partial charge in [-0.2, -0.15) is 0 Å². The Labute approximate surface area is 132 Å². The molecule has 0 aromatic carbocycles. The van der Waals surface area contributed by atoms with E-state index in [2.05, 4.69) is 20.6 Å². The van der Waals surface area contributed by atoms with Crippen molar-refractivity contribution in [1.29, 1.82) is 0 Å². The van der Waals surface area contributed by atoms with Gasteiger partial charge in [-0.15, -0.1) is 0 Å². The minimum atomic E-state index is 0.375. The zero-order valence-electron chi connectivity index (χ0n) is 13.3. The third-order valence-corrected chi connectivity index (χ3v) is 5.45. The molecule has 0 bridgehead atoms. The van der Waals surface area contributed by atoms with Crippen LogP contribution < -0.4 is 0 Å². The molecule has 4 rings (SSSR count). The molecule has 22 heavy (non-hydrogen) atoms. The summed E-state index contributed by atoms with van der Waals surface area (Å²) in [5.74, 6) is 1.65. The molecule has 1 aromatic heterocycles. The third-order valence-electron chi connectivity index (χ3n) is 5.45. The topological polar surface area (TPSA) is 41.4 Å². The normalized spacial score (nSPS) is 24.0. The first kappa shape index (κ1) is 14.2. The van der Waals surface area contributed by atoms with E-state index < -0.39 is 0 Å². The second-order valence-corrected chi connectivity index (χ2v) is 7.00. The second kappa shape index (κ2) is 6.03. The molecule has 0 radical (unpaired) electrons. The van der Waals surface area contributed by atoms with Gasteiger partial charge in [-0.25, -0.2) is 4.98 Å². The molecule has 3 aliphatic heterocycles. The molecule has 0 saturated carbocycles. The molecule has 4 heterocycles. The van der Waals surface area contributed by atoms with E-state index in [1.807, 2.05) is 0 Å². The molecule has 0 spiro atoms. The highest BCUT2D eigenvalue weighted by atomic mass is 16.2. The lowest BCUT2D eigenvalue weighted by atomic mass is 10.0. The molecule has 3 aliphatic rings. The Kier molecular flexibility index (Phi) is 3.90. The molecule has 0 atom stereocenters. The van der Waals surface area contributed by atoms with Gasteiger partial charge in [-0.3, -0.25) is 9.69 Å². The van der Waals surface area contributed by atoms with Crippen LogP contribution in [0, 0.1) is 0 Å². The van der Waals surface area contributed by atoms with Crippen molar-refractivity contribution in [3.05, 3.63) is 17.7 Å². The molecular weight excluding hydrogens is 276 g/mol. The van der Waals surface area contributed by atoms with Crippen LogP contribution in [-0.2, 0) is 24.3 Å². The highest BCUT2D eigenvalue weighted by Gasteiger charge is 2.30. The van der Waals surface area contributed by atoms with Crippen molar-refractivity contribution in [2.75, 3.05) is 19.6 Å². The van der Waals surface area contributed by atoms with E-state index in [0.717, 1.165) is 64.8 Å². The van der Waals surface area contributed by atoms with Crippen LogP contribution in [-0.4, -0.2) is 50.9 Å². The largest absolute Gasteiger partial charge is 0.340 e. The van der Waals surface area contributed by atoms with Gasteiger partial charge in [0.15, 0.2) is 0 Å². The summed E-state index contributed by atoms with van der Waals surface area (Å²) in [6.07, 6.45) is 10.0. The Balaban J connectivity index is 1.32. The number of aryl methyl sites for hydroxylation is 2. The number of hydrogen-bond donors (Lipinski definition) is 0. The number of likely N-dealkylation sites (tertiary alicyclic amines) is 2. The van der Waals surface area contributed by atoms with Gasteiger partial charge >= 0.3 is 0 Å². The van der Waals surface area contributed by atoms with Crippen molar-refractivity contribution >= 4 is 5.91 Å². The number of carbonyl (C=O) groups is 1. The van der Waals surface area contributed by atoms with Crippen LogP contribution in [0.25, 0.3) is 0 Å². The fourth-order valence-corrected chi connectivity index (χ4v) is 4.22. The molecule has 5 heteroatoms. The van der Waals surface area contributed by atoms with Crippen LogP contribution in [0.1, 0.15) is 50.0 Å². The Bertz CT molecular complexity index is 521. The number of imidazole rings is 1. The predicted octanol–water partition coefficient (Wildman–Crippen LogP) is 1.81. The minimum Gasteiger partial charge on any atom is -0.340 e. The van der Waals surface area contributed by atoms with E-state index in [1.165, 1.54) is 24.4 Å². The lowest BCUT2D eigenvalue weighted by molar-refractivity contribution is -0.130. The highest BCUT2D eigenvalue weighted by molar-refractivity contribution is 5.78. The van der Waals surface area contributed by atoms with Gasteiger partial charge in [-0.05, 0) is 32.1 Å². The van der Waals surface area contributed by atoms with Crippen LogP contribution in [0.4, 0.5) is 0 Å².